The number of likely N-dealkylation sites (tertiary alicyclic amines) is 1. The molecule has 1 N–H and O–H groups in total. The summed E-state index contributed by atoms with van der Waals surface area (Å²) in [5.41, 5.74) is 1.34. The maximum atomic E-state index is 5.96. The van der Waals surface area contributed by atoms with Gasteiger partial charge in [0.05, 0.1) is 0 Å². The van der Waals surface area contributed by atoms with Crippen LogP contribution in [-0.2, 0) is 0 Å². The van der Waals surface area contributed by atoms with E-state index in [-0.39, 0.29) is 0 Å². The van der Waals surface area contributed by atoms with E-state index in [0.29, 0.717) is 12.0 Å². The molecule has 1 aromatic carbocycles. The van der Waals surface area contributed by atoms with Gasteiger partial charge in [0.15, 0.2) is 0 Å². The summed E-state index contributed by atoms with van der Waals surface area (Å²) in [6, 6.07) is 8.67. The third-order valence-electron chi connectivity index (χ3n) is 4.16. The number of halogens is 1. The highest BCUT2D eigenvalue weighted by Crippen LogP contribution is 2.19. The van der Waals surface area contributed by atoms with Gasteiger partial charge in [0.25, 0.3) is 0 Å². The van der Waals surface area contributed by atoms with Crippen molar-refractivity contribution in [3.05, 3.63) is 34.9 Å². The first-order chi connectivity index (χ1) is 9.69. The summed E-state index contributed by atoms with van der Waals surface area (Å²) in [5.74, 6) is 0.703. The van der Waals surface area contributed by atoms with Gasteiger partial charge in [-0.3, -0.25) is 0 Å². The molecular weight excluding hydrogens is 268 g/mol. The summed E-state index contributed by atoms with van der Waals surface area (Å²) in [5, 5.41) is 4.52. The first-order valence-electron chi connectivity index (χ1n) is 7.90. The molecule has 1 heterocycles. The van der Waals surface area contributed by atoms with Gasteiger partial charge < -0.3 is 10.2 Å². The molecule has 0 saturated carbocycles. The number of hydrogen-bond donors (Lipinski definition) is 1. The predicted molar refractivity (Wildman–Crippen MR) is 87.3 cm³/mol. The molecule has 1 aromatic rings. The summed E-state index contributed by atoms with van der Waals surface area (Å²) in [7, 11) is 0. The van der Waals surface area contributed by atoms with Gasteiger partial charge in [-0.1, -0.05) is 37.6 Å². The molecule has 2 unspecified atom stereocenters. The van der Waals surface area contributed by atoms with Crippen molar-refractivity contribution in [2.75, 3.05) is 26.2 Å². The molecule has 3 heteroatoms. The highest BCUT2D eigenvalue weighted by atomic mass is 35.5. The molecule has 112 valence electrons. The van der Waals surface area contributed by atoms with Crippen molar-refractivity contribution in [1.29, 1.82) is 0 Å². The number of nitrogens with zero attached hydrogens (tertiary/aromatic N) is 1. The van der Waals surface area contributed by atoms with Crippen LogP contribution in [0.3, 0.4) is 0 Å². The Bertz CT molecular complexity index is 384. The quantitative estimate of drug-likeness (QED) is 0.814. The fraction of sp³-hybridized carbons (Fsp3) is 0.647. The molecule has 1 saturated heterocycles. The normalized spacial score (nSPS) is 19.1. The predicted octanol–water partition coefficient (Wildman–Crippen LogP) is 4.11. The molecule has 1 fully saturated rings. The van der Waals surface area contributed by atoms with Crippen LogP contribution in [0.4, 0.5) is 0 Å². The van der Waals surface area contributed by atoms with Crippen molar-refractivity contribution in [2.24, 2.45) is 5.92 Å². The lowest BCUT2D eigenvalue weighted by molar-refractivity contribution is 0.277. The SMILES string of the molecule is CCC(NCC(C)CN1CCCC1)c1ccc(Cl)cc1. The zero-order valence-electron chi connectivity index (χ0n) is 12.7. The van der Waals surface area contributed by atoms with Crippen LogP contribution in [0.15, 0.2) is 24.3 Å². The molecular formula is C17H27ClN2. The number of benzene rings is 1. The van der Waals surface area contributed by atoms with Gasteiger partial charge >= 0.3 is 0 Å². The fourth-order valence-electron chi connectivity index (χ4n) is 3.01. The minimum Gasteiger partial charge on any atom is -0.310 e. The Balaban J connectivity index is 1.79. The zero-order valence-corrected chi connectivity index (χ0v) is 13.5. The molecule has 2 atom stereocenters. The highest BCUT2D eigenvalue weighted by molar-refractivity contribution is 6.30. The lowest BCUT2D eigenvalue weighted by Crippen LogP contribution is -2.33. The standard InChI is InChI=1S/C17H27ClN2/c1-3-17(15-6-8-16(18)9-7-15)19-12-14(2)13-20-10-4-5-11-20/h6-9,14,17,19H,3-5,10-13H2,1-2H3. The Morgan fingerprint density at radius 3 is 2.45 bits per heavy atom. The molecule has 2 rings (SSSR count). The first-order valence-corrected chi connectivity index (χ1v) is 8.28. The van der Waals surface area contributed by atoms with Crippen LogP contribution in [0.1, 0.15) is 44.7 Å². The van der Waals surface area contributed by atoms with Crippen molar-refractivity contribution >= 4 is 11.6 Å². The summed E-state index contributed by atoms with van der Waals surface area (Å²) >= 11 is 5.96. The lowest BCUT2D eigenvalue weighted by atomic mass is 10.0. The number of hydrogen-bond acceptors (Lipinski definition) is 2. The molecule has 0 aliphatic carbocycles. The van der Waals surface area contributed by atoms with Gasteiger partial charge in [0.2, 0.25) is 0 Å². The van der Waals surface area contributed by atoms with E-state index in [1.165, 1.54) is 38.0 Å². The van der Waals surface area contributed by atoms with E-state index < -0.39 is 0 Å². The van der Waals surface area contributed by atoms with E-state index in [4.69, 9.17) is 11.6 Å². The van der Waals surface area contributed by atoms with E-state index in [1.807, 2.05) is 12.1 Å². The Labute approximate surface area is 128 Å². The van der Waals surface area contributed by atoms with Gasteiger partial charge in [-0.25, -0.2) is 0 Å². The van der Waals surface area contributed by atoms with Crippen molar-refractivity contribution < 1.29 is 0 Å². The van der Waals surface area contributed by atoms with Gasteiger partial charge in [0.1, 0.15) is 0 Å². The average Bonchev–Trinajstić information content (AvgIpc) is 2.94. The van der Waals surface area contributed by atoms with Gasteiger partial charge in [-0.05, 0) is 62.5 Å². The lowest BCUT2D eigenvalue weighted by Gasteiger charge is -2.24. The number of nitrogens with one attached hydrogen (secondary N) is 1. The summed E-state index contributed by atoms with van der Waals surface area (Å²) < 4.78 is 0. The molecule has 20 heavy (non-hydrogen) atoms. The Morgan fingerprint density at radius 2 is 1.85 bits per heavy atom. The van der Waals surface area contributed by atoms with Gasteiger partial charge in [0, 0.05) is 17.6 Å². The van der Waals surface area contributed by atoms with Crippen LogP contribution in [0.5, 0.6) is 0 Å². The topological polar surface area (TPSA) is 15.3 Å². The van der Waals surface area contributed by atoms with Crippen LogP contribution in [0, 0.1) is 5.92 Å². The molecule has 2 nitrogen and oxygen atoms in total. The minimum absolute atomic E-state index is 0.438. The van der Waals surface area contributed by atoms with Crippen molar-refractivity contribution in [1.82, 2.24) is 10.2 Å². The van der Waals surface area contributed by atoms with E-state index in [1.54, 1.807) is 0 Å². The molecule has 0 amide bonds. The van der Waals surface area contributed by atoms with E-state index in [9.17, 15) is 0 Å². The molecule has 1 aliphatic heterocycles. The van der Waals surface area contributed by atoms with E-state index >= 15 is 0 Å². The number of rotatable bonds is 7. The molecule has 0 radical (unpaired) electrons. The maximum absolute atomic E-state index is 5.96. The Hall–Kier alpha value is -0.570. The van der Waals surface area contributed by atoms with Crippen LogP contribution >= 0.6 is 11.6 Å². The monoisotopic (exact) mass is 294 g/mol. The Kier molecular flexibility index (Phi) is 6.34. The Morgan fingerprint density at radius 1 is 1.20 bits per heavy atom. The maximum Gasteiger partial charge on any atom is 0.0406 e. The smallest absolute Gasteiger partial charge is 0.0406 e. The van der Waals surface area contributed by atoms with Crippen LogP contribution in [0.25, 0.3) is 0 Å². The average molecular weight is 295 g/mol. The highest BCUT2D eigenvalue weighted by Gasteiger charge is 2.16. The van der Waals surface area contributed by atoms with Crippen LogP contribution in [-0.4, -0.2) is 31.1 Å². The second-order valence-corrected chi connectivity index (χ2v) is 6.47. The largest absolute Gasteiger partial charge is 0.310 e. The fourth-order valence-corrected chi connectivity index (χ4v) is 3.13. The molecule has 0 aromatic heterocycles. The second kappa shape index (κ2) is 8.02. The van der Waals surface area contributed by atoms with Crippen LogP contribution in [0.2, 0.25) is 5.02 Å². The van der Waals surface area contributed by atoms with Crippen molar-refractivity contribution in [3.63, 3.8) is 0 Å². The summed E-state index contributed by atoms with van der Waals surface area (Å²) in [6.07, 6.45) is 3.86. The molecule has 0 bridgehead atoms. The van der Waals surface area contributed by atoms with Crippen molar-refractivity contribution in [3.8, 4) is 0 Å². The summed E-state index contributed by atoms with van der Waals surface area (Å²) in [4.78, 5) is 2.59. The van der Waals surface area contributed by atoms with Gasteiger partial charge in [-0.2, -0.15) is 0 Å². The van der Waals surface area contributed by atoms with E-state index in [2.05, 4.69) is 36.2 Å². The van der Waals surface area contributed by atoms with Crippen LogP contribution < -0.4 is 5.32 Å². The molecule has 0 spiro atoms. The van der Waals surface area contributed by atoms with E-state index in [0.717, 1.165) is 18.0 Å². The van der Waals surface area contributed by atoms with Gasteiger partial charge in [-0.15, -0.1) is 0 Å². The minimum atomic E-state index is 0.438. The first kappa shape index (κ1) is 15.8. The molecule has 1 aliphatic rings. The van der Waals surface area contributed by atoms with Crippen molar-refractivity contribution in [2.45, 2.75) is 39.2 Å². The zero-order chi connectivity index (χ0) is 14.4. The third kappa shape index (κ3) is 4.76. The summed E-state index contributed by atoms with van der Waals surface area (Å²) in [6.45, 7) is 9.47. The second-order valence-electron chi connectivity index (χ2n) is 6.03. The third-order valence-corrected chi connectivity index (χ3v) is 4.41.